The third-order valence-corrected chi connectivity index (χ3v) is 4.61. The molecule has 2 rings (SSSR count). The summed E-state index contributed by atoms with van der Waals surface area (Å²) in [4.78, 5) is 24.5. The summed E-state index contributed by atoms with van der Waals surface area (Å²) in [5.41, 5.74) is -0.308. The van der Waals surface area contributed by atoms with Gasteiger partial charge in [0.25, 0.3) is 0 Å². The van der Waals surface area contributed by atoms with Crippen molar-refractivity contribution < 1.29 is 14.3 Å². The zero-order chi connectivity index (χ0) is 13.2. The molecule has 100 valence electrons. The molecule has 0 radical (unpaired) electrons. The van der Waals surface area contributed by atoms with Crippen LogP contribution in [0.3, 0.4) is 0 Å². The molecule has 0 aromatic carbocycles. The van der Waals surface area contributed by atoms with Gasteiger partial charge >= 0.3 is 5.97 Å². The summed E-state index contributed by atoms with van der Waals surface area (Å²) >= 11 is 0. The maximum atomic E-state index is 12.6. The Morgan fingerprint density at radius 1 is 1.56 bits per heavy atom. The van der Waals surface area contributed by atoms with Crippen LogP contribution in [-0.4, -0.2) is 18.4 Å². The zero-order valence-corrected chi connectivity index (χ0v) is 11.1. The average Bonchev–Trinajstić information content (AvgIpc) is 2.65. The summed E-state index contributed by atoms with van der Waals surface area (Å²) in [5, 5.41) is 0. The number of esters is 1. The summed E-state index contributed by atoms with van der Waals surface area (Å²) in [6, 6.07) is 0. The SMILES string of the molecule is C=CC[C@]12CCCC[C@H]1CC(C(=O)OCC)C2=O. The van der Waals surface area contributed by atoms with Gasteiger partial charge in [0.15, 0.2) is 5.78 Å². The lowest BCUT2D eigenvalue weighted by molar-refractivity contribution is -0.152. The van der Waals surface area contributed by atoms with Gasteiger partial charge < -0.3 is 4.74 Å². The molecule has 3 atom stereocenters. The van der Waals surface area contributed by atoms with Gasteiger partial charge in [0.1, 0.15) is 5.92 Å². The Morgan fingerprint density at radius 2 is 2.33 bits per heavy atom. The van der Waals surface area contributed by atoms with Gasteiger partial charge in [0.05, 0.1) is 6.61 Å². The van der Waals surface area contributed by atoms with Crippen molar-refractivity contribution in [3.05, 3.63) is 12.7 Å². The maximum absolute atomic E-state index is 12.6. The second kappa shape index (κ2) is 5.25. The lowest BCUT2D eigenvalue weighted by Crippen LogP contribution is -2.37. The molecule has 0 aliphatic heterocycles. The average molecular weight is 250 g/mol. The van der Waals surface area contributed by atoms with Crippen molar-refractivity contribution in [2.75, 3.05) is 6.61 Å². The number of Topliss-reactive ketones (excluding diaryl/α,β-unsaturated/α-hetero) is 1. The Hall–Kier alpha value is -1.12. The van der Waals surface area contributed by atoms with Crippen molar-refractivity contribution in [2.45, 2.75) is 45.4 Å². The van der Waals surface area contributed by atoms with E-state index in [1.54, 1.807) is 6.92 Å². The molecule has 0 spiro atoms. The second-order valence-corrected chi connectivity index (χ2v) is 5.50. The Labute approximate surface area is 109 Å². The standard InChI is InChI=1S/C15H22O3/c1-3-8-15-9-6-5-7-11(15)10-12(13(15)16)14(17)18-4-2/h3,11-12H,1,4-10H2,2H3/t11-,12?,15-/m0/s1. The molecule has 3 nitrogen and oxygen atoms in total. The molecule has 2 saturated carbocycles. The highest BCUT2D eigenvalue weighted by molar-refractivity contribution is 6.04. The zero-order valence-electron chi connectivity index (χ0n) is 11.1. The van der Waals surface area contributed by atoms with Crippen molar-refractivity contribution in [1.29, 1.82) is 0 Å². The fraction of sp³-hybridized carbons (Fsp3) is 0.733. The highest BCUT2D eigenvalue weighted by Crippen LogP contribution is 2.54. The third-order valence-electron chi connectivity index (χ3n) is 4.61. The molecular weight excluding hydrogens is 228 g/mol. The number of allylic oxidation sites excluding steroid dienone is 1. The normalized spacial score (nSPS) is 35.1. The molecule has 2 aliphatic rings. The smallest absolute Gasteiger partial charge is 0.316 e. The number of ether oxygens (including phenoxy) is 1. The molecule has 18 heavy (non-hydrogen) atoms. The van der Waals surface area contributed by atoms with Gasteiger partial charge in [-0.3, -0.25) is 9.59 Å². The van der Waals surface area contributed by atoms with E-state index < -0.39 is 5.92 Å². The fourth-order valence-electron chi connectivity index (χ4n) is 3.79. The first-order valence-electron chi connectivity index (χ1n) is 6.97. The minimum atomic E-state index is -0.520. The van der Waals surface area contributed by atoms with Crippen LogP contribution in [0, 0.1) is 17.3 Å². The highest BCUT2D eigenvalue weighted by atomic mass is 16.5. The van der Waals surface area contributed by atoms with Crippen LogP contribution in [0.1, 0.15) is 45.4 Å². The van der Waals surface area contributed by atoms with E-state index in [2.05, 4.69) is 6.58 Å². The first-order chi connectivity index (χ1) is 8.65. The molecule has 0 aromatic rings. The van der Waals surface area contributed by atoms with Gasteiger partial charge in [-0.05, 0) is 38.5 Å². The minimum absolute atomic E-state index is 0.116. The molecule has 0 N–H and O–H groups in total. The van der Waals surface area contributed by atoms with E-state index in [0.29, 0.717) is 25.4 Å². The van der Waals surface area contributed by atoms with E-state index in [-0.39, 0.29) is 17.2 Å². The number of ketones is 1. The topological polar surface area (TPSA) is 43.4 Å². The maximum Gasteiger partial charge on any atom is 0.316 e. The Balaban J connectivity index is 2.22. The number of fused-ring (bicyclic) bond motifs is 1. The number of rotatable bonds is 4. The van der Waals surface area contributed by atoms with Gasteiger partial charge in [-0.25, -0.2) is 0 Å². The Morgan fingerprint density at radius 3 is 3.00 bits per heavy atom. The van der Waals surface area contributed by atoms with Crippen LogP contribution in [0.2, 0.25) is 0 Å². The minimum Gasteiger partial charge on any atom is -0.465 e. The van der Waals surface area contributed by atoms with Crippen LogP contribution in [0.5, 0.6) is 0 Å². The van der Waals surface area contributed by atoms with Gasteiger partial charge in [0.2, 0.25) is 0 Å². The van der Waals surface area contributed by atoms with Crippen LogP contribution in [0.15, 0.2) is 12.7 Å². The van der Waals surface area contributed by atoms with Crippen LogP contribution in [0.25, 0.3) is 0 Å². The number of hydrogen-bond acceptors (Lipinski definition) is 3. The molecule has 3 heteroatoms. The second-order valence-electron chi connectivity index (χ2n) is 5.50. The fourth-order valence-corrected chi connectivity index (χ4v) is 3.79. The summed E-state index contributed by atoms with van der Waals surface area (Å²) in [7, 11) is 0. The van der Waals surface area contributed by atoms with Crippen LogP contribution in [0.4, 0.5) is 0 Å². The van der Waals surface area contributed by atoms with E-state index in [9.17, 15) is 9.59 Å². The van der Waals surface area contributed by atoms with Crippen LogP contribution >= 0.6 is 0 Å². The van der Waals surface area contributed by atoms with Crippen molar-refractivity contribution in [3.63, 3.8) is 0 Å². The largest absolute Gasteiger partial charge is 0.465 e. The van der Waals surface area contributed by atoms with E-state index in [4.69, 9.17) is 4.74 Å². The van der Waals surface area contributed by atoms with Gasteiger partial charge in [-0.2, -0.15) is 0 Å². The Bertz CT molecular complexity index is 361. The summed E-state index contributed by atoms with van der Waals surface area (Å²) in [6.07, 6.45) is 7.48. The van der Waals surface area contributed by atoms with Gasteiger partial charge in [-0.15, -0.1) is 6.58 Å². The van der Waals surface area contributed by atoms with Crippen LogP contribution in [-0.2, 0) is 14.3 Å². The molecule has 0 aromatic heterocycles. The van der Waals surface area contributed by atoms with E-state index in [1.807, 2.05) is 6.08 Å². The van der Waals surface area contributed by atoms with Crippen molar-refractivity contribution in [1.82, 2.24) is 0 Å². The monoisotopic (exact) mass is 250 g/mol. The van der Waals surface area contributed by atoms with E-state index >= 15 is 0 Å². The Kier molecular flexibility index (Phi) is 3.88. The van der Waals surface area contributed by atoms with E-state index in [1.165, 1.54) is 6.42 Å². The molecule has 0 bridgehead atoms. The van der Waals surface area contributed by atoms with Crippen molar-refractivity contribution in [2.24, 2.45) is 17.3 Å². The van der Waals surface area contributed by atoms with Gasteiger partial charge in [-0.1, -0.05) is 18.9 Å². The summed E-state index contributed by atoms with van der Waals surface area (Å²) < 4.78 is 5.04. The quantitative estimate of drug-likeness (QED) is 0.438. The first kappa shape index (κ1) is 13.3. The number of carbonyl (C=O) groups excluding carboxylic acids is 2. The third kappa shape index (κ3) is 2.00. The van der Waals surface area contributed by atoms with Crippen molar-refractivity contribution in [3.8, 4) is 0 Å². The molecule has 0 amide bonds. The molecule has 2 fully saturated rings. The number of hydrogen-bond donors (Lipinski definition) is 0. The van der Waals surface area contributed by atoms with Crippen molar-refractivity contribution >= 4 is 11.8 Å². The molecular formula is C15H22O3. The summed E-state index contributed by atoms with van der Waals surface area (Å²) in [5.74, 6) is -0.370. The van der Waals surface area contributed by atoms with Crippen LogP contribution < -0.4 is 0 Å². The lowest BCUT2D eigenvalue weighted by Gasteiger charge is -2.37. The summed E-state index contributed by atoms with van der Waals surface area (Å²) in [6.45, 7) is 5.91. The highest BCUT2D eigenvalue weighted by Gasteiger charge is 2.56. The molecule has 2 aliphatic carbocycles. The van der Waals surface area contributed by atoms with Gasteiger partial charge in [0, 0.05) is 5.41 Å². The first-order valence-corrected chi connectivity index (χ1v) is 6.97. The molecule has 1 unspecified atom stereocenters. The lowest BCUT2D eigenvalue weighted by atomic mass is 9.66. The molecule has 0 heterocycles. The predicted octanol–water partition coefficient (Wildman–Crippen LogP) is 2.89. The predicted molar refractivity (Wildman–Crippen MR) is 69.0 cm³/mol. The molecule has 0 saturated heterocycles. The van der Waals surface area contributed by atoms with E-state index in [0.717, 1.165) is 19.3 Å². The number of carbonyl (C=O) groups is 2.